The number of amides is 1. The Morgan fingerprint density at radius 3 is 2.38 bits per heavy atom. The number of esters is 1. The van der Waals surface area contributed by atoms with Gasteiger partial charge >= 0.3 is 5.97 Å². The van der Waals surface area contributed by atoms with E-state index in [2.05, 4.69) is 21.2 Å². The molecule has 7 heteroatoms. The van der Waals surface area contributed by atoms with E-state index in [0.717, 1.165) is 12.1 Å². The van der Waals surface area contributed by atoms with E-state index in [9.17, 15) is 18.4 Å². The van der Waals surface area contributed by atoms with Crippen molar-refractivity contribution in [3.05, 3.63) is 69.7 Å². The highest BCUT2D eigenvalue weighted by molar-refractivity contribution is 9.10. The van der Waals surface area contributed by atoms with Crippen molar-refractivity contribution in [1.29, 1.82) is 0 Å². The van der Waals surface area contributed by atoms with Crippen LogP contribution >= 0.6 is 15.9 Å². The highest BCUT2D eigenvalue weighted by atomic mass is 79.9. The van der Waals surface area contributed by atoms with E-state index in [1.54, 1.807) is 12.1 Å². The fourth-order valence-corrected chi connectivity index (χ4v) is 2.38. The summed E-state index contributed by atoms with van der Waals surface area (Å²) in [6, 6.07) is 9.19. The Morgan fingerprint density at radius 2 is 1.75 bits per heavy atom. The zero-order valence-electron chi connectivity index (χ0n) is 12.7. The molecule has 0 bridgehead atoms. The lowest BCUT2D eigenvalue weighted by Crippen LogP contribution is -2.35. The molecule has 0 aromatic heterocycles. The van der Waals surface area contributed by atoms with Crippen molar-refractivity contribution in [2.24, 2.45) is 0 Å². The average Bonchev–Trinajstić information content (AvgIpc) is 2.53. The Balaban J connectivity index is 1.90. The molecule has 0 fully saturated rings. The van der Waals surface area contributed by atoms with Gasteiger partial charge < -0.3 is 10.1 Å². The fraction of sp³-hybridized carbons (Fsp3) is 0.176. The molecule has 0 aliphatic rings. The minimum atomic E-state index is -1.03. The third-order valence-electron chi connectivity index (χ3n) is 3.18. The molecule has 2 aromatic carbocycles. The van der Waals surface area contributed by atoms with Crippen molar-refractivity contribution in [2.75, 3.05) is 0 Å². The predicted molar refractivity (Wildman–Crippen MR) is 87.2 cm³/mol. The van der Waals surface area contributed by atoms with Gasteiger partial charge in [-0.15, -0.1) is 0 Å². The fourth-order valence-electron chi connectivity index (χ4n) is 1.87. The lowest BCUT2D eigenvalue weighted by molar-refractivity contribution is -0.129. The molecule has 2 rings (SSSR count). The van der Waals surface area contributed by atoms with Gasteiger partial charge in [-0.3, -0.25) is 4.79 Å². The summed E-state index contributed by atoms with van der Waals surface area (Å²) in [6.07, 6.45) is -1.03. The van der Waals surface area contributed by atoms with Crippen molar-refractivity contribution in [3.8, 4) is 0 Å². The second kappa shape index (κ2) is 8.01. The van der Waals surface area contributed by atoms with Crippen LogP contribution < -0.4 is 5.32 Å². The van der Waals surface area contributed by atoms with Crippen molar-refractivity contribution in [1.82, 2.24) is 5.32 Å². The second-order valence-electron chi connectivity index (χ2n) is 5.02. The SMILES string of the molecule is C[C@H](OC(=O)c1ccc(F)cc1Br)C(=O)NCc1ccc(F)cc1. The van der Waals surface area contributed by atoms with E-state index < -0.39 is 23.8 Å². The van der Waals surface area contributed by atoms with Crippen LogP contribution in [-0.4, -0.2) is 18.0 Å². The minimum absolute atomic E-state index is 0.120. The normalized spacial score (nSPS) is 11.7. The first-order valence-electron chi connectivity index (χ1n) is 7.05. The van der Waals surface area contributed by atoms with Gasteiger partial charge in [-0.1, -0.05) is 12.1 Å². The number of carbonyl (C=O) groups is 2. The number of halogens is 3. The predicted octanol–water partition coefficient (Wildman–Crippen LogP) is 3.59. The maximum absolute atomic E-state index is 13.0. The monoisotopic (exact) mass is 397 g/mol. The van der Waals surface area contributed by atoms with E-state index in [0.29, 0.717) is 5.56 Å². The molecule has 1 amide bonds. The molecule has 1 N–H and O–H groups in total. The second-order valence-corrected chi connectivity index (χ2v) is 5.87. The summed E-state index contributed by atoms with van der Waals surface area (Å²) in [7, 11) is 0. The molecule has 126 valence electrons. The zero-order chi connectivity index (χ0) is 17.7. The maximum Gasteiger partial charge on any atom is 0.340 e. The largest absolute Gasteiger partial charge is 0.449 e. The number of carbonyl (C=O) groups excluding carboxylic acids is 2. The number of rotatable bonds is 5. The molecular formula is C17H14BrF2NO3. The van der Waals surface area contributed by atoms with E-state index >= 15 is 0 Å². The van der Waals surface area contributed by atoms with Gasteiger partial charge in [0.25, 0.3) is 5.91 Å². The van der Waals surface area contributed by atoms with Crippen LogP contribution in [0.1, 0.15) is 22.8 Å². The lowest BCUT2D eigenvalue weighted by atomic mass is 10.2. The molecule has 1 atom stereocenters. The molecule has 0 heterocycles. The highest BCUT2D eigenvalue weighted by Crippen LogP contribution is 2.19. The Morgan fingerprint density at radius 1 is 1.12 bits per heavy atom. The molecule has 0 saturated heterocycles. The molecule has 0 unspecified atom stereocenters. The topological polar surface area (TPSA) is 55.4 Å². The van der Waals surface area contributed by atoms with Gasteiger partial charge in [0.1, 0.15) is 11.6 Å². The third kappa shape index (κ3) is 4.86. The summed E-state index contributed by atoms with van der Waals surface area (Å²) in [6.45, 7) is 1.61. The standard InChI is InChI=1S/C17H14BrF2NO3/c1-10(16(22)21-9-11-2-4-12(19)5-3-11)24-17(23)14-7-6-13(20)8-15(14)18/h2-8,10H,9H2,1H3,(H,21,22)/t10-/m0/s1. The molecule has 24 heavy (non-hydrogen) atoms. The van der Waals surface area contributed by atoms with Crippen molar-refractivity contribution in [2.45, 2.75) is 19.6 Å². The van der Waals surface area contributed by atoms with E-state index in [4.69, 9.17) is 4.74 Å². The molecule has 0 aliphatic heterocycles. The van der Waals surface area contributed by atoms with Crippen LogP contribution in [0.15, 0.2) is 46.9 Å². The highest BCUT2D eigenvalue weighted by Gasteiger charge is 2.20. The van der Waals surface area contributed by atoms with Crippen molar-refractivity contribution < 1.29 is 23.1 Å². The van der Waals surface area contributed by atoms with Crippen LogP contribution in [0.3, 0.4) is 0 Å². The summed E-state index contributed by atoms with van der Waals surface area (Å²) < 4.78 is 31.1. The van der Waals surface area contributed by atoms with Crippen molar-refractivity contribution in [3.63, 3.8) is 0 Å². The molecule has 0 spiro atoms. The Labute approximate surface area is 145 Å². The molecule has 2 aromatic rings. The van der Waals surface area contributed by atoms with Crippen molar-refractivity contribution >= 4 is 27.8 Å². The average molecular weight is 398 g/mol. The number of hydrogen-bond donors (Lipinski definition) is 1. The van der Waals surface area contributed by atoms with E-state index in [1.807, 2.05) is 0 Å². The number of hydrogen-bond acceptors (Lipinski definition) is 3. The van der Waals surface area contributed by atoms with Crippen LogP contribution in [-0.2, 0) is 16.1 Å². The molecular weight excluding hydrogens is 384 g/mol. The number of ether oxygens (including phenoxy) is 1. The molecule has 0 radical (unpaired) electrons. The summed E-state index contributed by atoms with van der Waals surface area (Å²) in [5.41, 5.74) is 0.833. The smallest absolute Gasteiger partial charge is 0.340 e. The van der Waals surface area contributed by atoms with Gasteiger partial charge in [0.05, 0.1) is 5.56 Å². The van der Waals surface area contributed by atoms with Gasteiger partial charge in [0.15, 0.2) is 6.10 Å². The van der Waals surface area contributed by atoms with Crippen LogP contribution in [0.2, 0.25) is 0 Å². The van der Waals surface area contributed by atoms with Crippen LogP contribution in [0.4, 0.5) is 8.78 Å². The van der Waals surface area contributed by atoms with Gasteiger partial charge in [0.2, 0.25) is 0 Å². The van der Waals surface area contributed by atoms with E-state index in [1.165, 1.54) is 25.1 Å². The lowest BCUT2D eigenvalue weighted by Gasteiger charge is -2.14. The molecule has 0 aliphatic carbocycles. The molecule has 0 saturated carbocycles. The van der Waals surface area contributed by atoms with E-state index in [-0.39, 0.29) is 22.4 Å². The van der Waals surface area contributed by atoms with Crippen LogP contribution in [0.5, 0.6) is 0 Å². The van der Waals surface area contributed by atoms with Crippen LogP contribution in [0, 0.1) is 11.6 Å². The maximum atomic E-state index is 13.0. The Hall–Kier alpha value is -2.28. The number of benzene rings is 2. The summed E-state index contributed by atoms with van der Waals surface area (Å²) in [5.74, 6) is -2.10. The zero-order valence-corrected chi connectivity index (χ0v) is 14.3. The van der Waals surface area contributed by atoms with Gasteiger partial charge in [0, 0.05) is 11.0 Å². The minimum Gasteiger partial charge on any atom is -0.449 e. The quantitative estimate of drug-likeness (QED) is 0.784. The number of nitrogens with one attached hydrogen (secondary N) is 1. The first kappa shape index (κ1) is 18.1. The summed E-state index contributed by atoms with van der Waals surface area (Å²) >= 11 is 3.07. The Kier molecular flexibility index (Phi) is 6.03. The van der Waals surface area contributed by atoms with Gasteiger partial charge in [-0.2, -0.15) is 0 Å². The summed E-state index contributed by atoms with van der Waals surface area (Å²) in [4.78, 5) is 24.0. The van der Waals surface area contributed by atoms with Gasteiger partial charge in [-0.25, -0.2) is 13.6 Å². The van der Waals surface area contributed by atoms with Crippen LogP contribution in [0.25, 0.3) is 0 Å². The Bertz CT molecular complexity index is 750. The first-order chi connectivity index (χ1) is 11.4. The summed E-state index contributed by atoms with van der Waals surface area (Å²) in [5, 5.41) is 2.59. The third-order valence-corrected chi connectivity index (χ3v) is 3.84. The first-order valence-corrected chi connectivity index (χ1v) is 7.84. The molecule has 4 nitrogen and oxygen atoms in total. The van der Waals surface area contributed by atoms with Gasteiger partial charge in [-0.05, 0) is 58.7 Å².